The van der Waals surface area contributed by atoms with Crippen LogP contribution in [-0.2, 0) is 15.1 Å². The first kappa shape index (κ1) is 16.7. The van der Waals surface area contributed by atoms with Gasteiger partial charge in [0.25, 0.3) is 0 Å². The van der Waals surface area contributed by atoms with Gasteiger partial charge in [-0.15, -0.1) is 0 Å². The third-order valence-corrected chi connectivity index (χ3v) is 5.29. The molecule has 2 aliphatic heterocycles. The van der Waals surface area contributed by atoms with Crippen molar-refractivity contribution < 1.29 is 9.47 Å². The van der Waals surface area contributed by atoms with Crippen molar-refractivity contribution in [1.29, 1.82) is 0 Å². The van der Waals surface area contributed by atoms with Gasteiger partial charge in [0.05, 0.1) is 26.4 Å². The highest BCUT2D eigenvalue weighted by Crippen LogP contribution is 2.40. The van der Waals surface area contributed by atoms with Crippen LogP contribution >= 0.6 is 0 Å². The summed E-state index contributed by atoms with van der Waals surface area (Å²) in [6.45, 7) is 6.86. The van der Waals surface area contributed by atoms with Crippen molar-refractivity contribution >= 4 is 0 Å². The van der Waals surface area contributed by atoms with Crippen molar-refractivity contribution in [2.75, 3.05) is 52.6 Å². The molecule has 0 saturated carbocycles. The Labute approximate surface area is 150 Å². The Balaban J connectivity index is 1.89. The number of morpholine rings is 2. The van der Waals surface area contributed by atoms with Gasteiger partial charge in [0.1, 0.15) is 5.66 Å². The molecule has 0 N–H and O–H groups in total. The van der Waals surface area contributed by atoms with Crippen molar-refractivity contribution in [2.24, 2.45) is 0 Å². The van der Waals surface area contributed by atoms with Crippen molar-refractivity contribution in [3.63, 3.8) is 0 Å². The quantitative estimate of drug-likeness (QED) is 0.855. The standard InChI is InChI=1S/C21H26N2O2/c1-3-7-19(8-4-1)21(20-9-5-2-6-10-20,22-11-15-24-16-12-22)23-13-17-25-18-14-23/h1-10H,11-18H2. The van der Waals surface area contributed by atoms with E-state index in [-0.39, 0.29) is 5.66 Å². The molecule has 4 heteroatoms. The molecule has 0 aromatic heterocycles. The Kier molecular flexibility index (Phi) is 5.13. The second-order valence-corrected chi connectivity index (χ2v) is 6.60. The molecule has 0 unspecified atom stereocenters. The summed E-state index contributed by atoms with van der Waals surface area (Å²) in [5.74, 6) is 0. The lowest BCUT2D eigenvalue weighted by atomic mass is 9.86. The number of hydrogen-bond acceptors (Lipinski definition) is 4. The summed E-state index contributed by atoms with van der Waals surface area (Å²) in [4.78, 5) is 5.18. The van der Waals surface area contributed by atoms with Crippen molar-refractivity contribution in [1.82, 2.24) is 9.80 Å². The van der Waals surface area contributed by atoms with E-state index in [2.05, 4.69) is 70.5 Å². The van der Waals surface area contributed by atoms with E-state index in [1.54, 1.807) is 0 Å². The monoisotopic (exact) mass is 338 g/mol. The SMILES string of the molecule is c1ccc(C(c2ccccc2)(N2CCOCC2)N2CCOCC2)cc1. The molecule has 0 radical (unpaired) electrons. The molecular weight excluding hydrogens is 312 g/mol. The molecule has 2 aromatic carbocycles. The molecule has 4 rings (SSSR count). The van der Waals surface area contributed by atoms with E-state index in [1.165, 1.54) is 11.1 Å². The van der Waals surface area contributed by atoms with Crippen LogP contribution in [0.25, 0.3) is 0 Å². The molecule has 132 valence electrons. The predicted octanol–water partition coefficient (Wildman–Crippen LogP) is 2.55. The molecular formula is C21H26N2O2. The first-order chi connectivity index (χ1) is 12.4. The lowest BCUT2D eigenvalue weighted by Crippen LogP contribution is -2.63. The maximum absolute atomic E-state index is 5.67. The first-order valence-corrected chi connectivity index (χ1v) is 9.19. The molecule has 0 spiro atoms. The Morgan fingerprint density at radius 1 is 0.560 bits per heavy atom. The molecule has 2 fully saturated rings. The topological polar surface area (TPSA) is 24.9 Å². The van der Waals surface area contributed by atoms with E-state index < -0.39 is 0 Å². The summed E-state index contributed by atoms with van der Waals surface area (Å²) in [5.41, 5.74) is 2.38. The van der Waals surface area contributed by atoms with Gasteiger partial charge in [0.2, 0.25) is 0 Å². The molecule has 0 aliphatic carbocycles. The molecule has 0 amide bonds. The third kappa shape index (κ3) is 3.11. The summed E-state index contributed by atoms with van der Waals surface area (Å²) >= 11 is 0. The lowest BCUT2D eigenvalue weighted by molar-refractivity contribution is -0.112. The molecule has 0 atom stereocenters. The van der Waals surface area contributed by atoms with Crippen LogP contribution in [0.1, 0.15) is 11.1 Å². The average molecular weight is 338 g/mol. The van der Waals surface area contributed by atoms with Gasteiger partial charge in [-0.25, -0.2) is 0 Å². The van der Waals surface area contributed by atoms with Gasteiger partial charge in [-0.2, -0.15) is 0 Å². The summed E-state index contributed by atoms with van der Waals surface area (Å²) in [6, 6.07) is 21.8. The highest BCUT2D eigenvalue weighted by molar-refractivity contribution is 5.38. The number of nitrogens with zero attached hydrogens (tertiary/aromatic N) is 2. The second kappa shape index (κ2) is 7.67. The van der Waals surface area contributed by atoms with E-state index in [1.807, 2.05) is 0 Å². The highest BCUT2D eigenvalue weighted by Gasteiger charge is 2.46. The van der Waals surface area contributed by atoms with Crippen LogP contribution < -0.4 is 0 Å². The summed E-state index contributed by atoms with van der Waals surface area (Å²) in [5, 5.41) is 0. The Hall–Kier alpha value is -1.72. The first-order valence-electron chi connectivity index (χ1n) is 9.19. The zero-order chi connectivity index (χ0) is 17.0. The van der Waals surface area contributed by atoms with Gasteiger partial charge in [0.15, 0.2) is 0 Å². The van der Waals surface area contributed by atoms with Gasteiger partial charge in [-0.05, 0) is 11.1 Å². The smallest absolute Gasteiger partial charge is 0.127 e. The van der Waals surface area contributed by atoms with Crippen molar-refractivity contribution in [2.45, 2.75) is 5.66 Å². The fourth-order valence-electron chi connectivity index (χ4n) is 4.21. The zero-order valence-electron chi connectivity index (χ0n) is 14.6. The van der Waals surface area contributed by atoms with E-state index in [9.17, 15) is 0 Å². The van der Waals surface area contributed by atoms with Crippen LogP contribution in [-0.4, -0.2) is 62.4 Å². The molecule has 4 nitrogen and oxygen atoms in total. The molecule has 2 aliphatic rings. The van der Waals surface area contributed by atoms with Gasteiger partial charge in [-0.3, -0.25) is 9.80 Å². The van der Waals surface area contributed by atoms with Crippen LogP contribution in [0.15, 0.2) is 60.7 Å². The molecule has 0 bridgehead atoms. The lowest BCUT2D eigenvalue weighted by Gasteiger charge is -2.53. The molecule has 2 heterocycles. The summed E-state index contributed by atoms with van der Waals surface area (Å²) in [6.07, 6.45) is 0. The van der Waals surface area contributed by atoms with Gasteiger partial charge < -0.3 is 9.47 Å². The Morgan fingerprint density at radius 2 is 0.920 bits per heavy atom. The van der Waals surface area contributed by atoms with Gasteiger partial charge >= 0.3 is 0 Å². The van der Waals surface area contributed by atoms with Crippen LogP contribution in [0.2, 0.25) is 0 Å². The average Bonchev–Trinajstić information content (AvgIpc) is 2.72. The minimum Gasteiger partial charge on any atom is -0.379 e. The van der Waals surface area contributed by atoms with E-state index in [0.717, 1.165) is 52.6 Å². The summed E-state index contributed by atoms with van der Waals surface area (Å²) < 4.78 is 11.3. The maximum atomic E-state index is 5.67. The third-order valence-electron chi connectivity index (χ3n) is 5.29. The maximum Gasteiger partial charge on any atom is 0.127 e. The van der Waals surface area contributed by atoms with E-state index in [4.69, 9.17) is 9.47 Å². The minimum absolute atomic E-state index is 0.268. The number of ether oxygens (including phenoxy) is 2. The predicted molar refractivity (Wildman–Crippen MR) is 98.4 cm³/mol. The van der Waals surface area contributed by atoms with E-state index >= 15 is 0 Å². The number of hydrogen-bond donors (Lipinski definition) is 0. The van der Waals surface area contributed by atoms with Crippen LogP contribution in [0.3, 0.4) is 0 Å². The molecule has 25 heavy (non-hydrogen) atoms. The van der Waals surface area contributed by atoms with Crippen LogP contribution in [0, 0.1) is 0 Å². The van der Waals surface area contributed by atoms with Gasteiger partial charge in [-0.1, -0.05) is 60.7 Å². The van der Waals surface area contributed by atoms with E-state index in [0.29, 0.717) is 0 Å². The zero-order valence-corrected chi connectivity index (χ0v) is 14.6. The van der Waals surface area contributed by atoms with Crippen LogP contribution in [0.5, 0.6) is 0 Å². The number of benzene rings is 2. The van der Waals surface area contributed by atoms with Crippen molar-refractivity contribution in [3.05, 3.63) is 71.8 Å². The minimum atomic E-state index is -0.268. The second-order valence-electron chi connectivity index (χ2n) is 6.60. The highest BCUT2D eigenvalue weighted by atomic mass is 16.5. The largest absolute Gasteiger partial charge is 0.379 e. The summed E-state index contributed by atoms with van der Waals surface area (Å²) in [7, 11) is 0. The number of rotatable bonds is 4. The molecule has 2 aromatic rings. The normalized spacial score (nSPS) is 20.5. The Morgan fingerprint density at radius 3 is 1.28 bits per heavy atom. The Bertz CT molecular complexity index is 591. The van der Waals surface area contributed by atoms with Crippen LogP contribution in [0.4, 0.5) is 0 Å². The molecule has 2 saturated heterocycles. The fourth-order valence-corrected chi connectivity index (χ4v) is 4.21. The van der Waals surface area contributed by atoms with Crippen molar-refractivity contribution in [3.8, 4) is 0 Å². The fraction of sp³-hybridized carbons (Fsp3) is 0.429. The van der Waals surface area contributed by atoms with Gasteiger partial charge in [0, 0.05) is 26.2 Å².